The molecule has 0 aliphatic carbocycles. The average molecular weight is 306 g/mol. The Bertz CT molecular complexity index is 569. The number of anilines is 3. The van der Waals surface area contributed by atoms with Crippen molar-refractivity contribution in [3.05, 3.63) is 35.5 Å². The summed E-state index contributed by atoms with van der Waals surface area (Å²) in [6, 6.07) is 7.44. The number of aromatic nitrogens is 3. The molecule has 0 fully saturated rings. The van der Waals surface area contributed by atoms with Gasteiger partial charge in [-0.2, -0.15) is 10.1 Å². The van der Waals surface area contributed by atoms with Crippen LogP contribution in [-0.4, -0.2) is 28.3 Å². The molecule has 0 aliphatic heterocycles. The second-order valence-corrected chi connectivity index (χ2v) is 5.20. The molecule has 1 aromatic carbocycles. The van der Waals surface area contributed by atoms with E-state index in [4.69, 9.17) is 11.6 Å². The van der Waals surface area contributed by atoms with E-state index >= 15 is 0 Å². The Morgan fingerprint density at radius 1 is 1.19 bits per heavy atom. The zero-order valence-electron chi connectivity index (χ0n) is 12.4. The highest BCUT2D eigenvalue weighted by Gasteiger charge is 2.08. The zero-order chi connectivity index (χ0) is 15.1. The summed E-state index contributed by atoms with van der Waals surface area (Å²) in [6.45, 7) is 6.23. The standard InChI is InChI=1S/C15H20ClN5/c1-3-8-21(9-4-2)14-11-17-20-15(19-14)18-13-7-5-6-12(16)10-13/h5-7,10-11H,3-4,8-9H2,1-2H3,(H,18,19,20). The van der Waals surface area contributed by atoms with Gasteiger partial charge in [-0.15, -0.1) is 5.10 Å². The van der Waals surface area contributed by atoms with E-state index < -0.39 is 0 Å². The first kappa shape index (κ1) is 15.5. The molecule has 1 heterocycles. The van der Waals surface area contributed by atoms with Crippen LogP contribution >= 0.6 is 11.6 Å². The molecule has 0 unspecified atom stereocenters. The summed E-state index contributed by atoms with van der Waals surface area (Å²) in [5.74, 6) is 1.32. The van der Waals surface area contributed by atoms with E-state index in [2.05, 4.69) is 39.2 Å². The first-order chi connectivity index (χ1) is 10.2. The van der Waals surface area contributed by atoms with Gasteiger partial charge in [0.2, 0.25) is 5.95 Å². The summed E-state index contributed by atoms with van der Waals surface area (Å²) >= 11 is 5.97. The molecule has 0 atom stereocenters. The number of benzene rings is 1. The summed E-state index contributed by atoms with van der Waals surface area (Å²) in [5, 5.41) is 11.9. The SMILES string of the molecule is CCCN(CCC)c1cnnc(Nc2cccc(Cl)c2)n1. The fraction of sp³-hybridized carbons (Fsp3) is 0.400. The van der Waals surface area contributed by atoms with Gasteiger partial charge in [0, 0.05) is 23.8 Å². The predicted octanol–water partition coefficient (Wildman–Crippen LogP) is 3.90. The third kappa shape index (κ3) is 4.56. The van der Waals surface area contributed by atoms with Crippen LogP contribution in [0.15, 0.2) is 30.5 Å². The van der Waals surface area contributed by atoms with Gasteiger partial charge >= 0.3 is 0 Å². The summed E-state index contributed by atoms with van der Waals surface area (Å²) in [5.41, 5.74) is 0.846. The van der Waals surface area contributed by atoms with Gasteiger partial charge in [-0.1, -0.05) is 31.5 Å². The molecule has 112 valence electrons. The Kier molecular flexibility index (Phi) is 5.75. The highest BCUT2D eigenvalue weighted by Crippen LogP contribution is 2.19. The van der Waals surface area contributed by atoms with Crippen LogP contribution in [0.4, 0.5) is 17.5 Å². The van der Waals surface area contributed by atoms with Gasteiger partial charge in [0.05, 0.1) is 6.20 Å². The molecular weight excluding hydrogens is 286 g/mol. The lowest BCUT2D eigenvalue weighted by Crippen LogP contribution is -2.26. The second kappa shape index (κ2) is 7.78. The molecule has 0 bridgehead atoms. The van der Waals surface area contributed by atoms with Crippen molar-refractivity contribution in [3.63, 3.8) is 0 Å². The lowest BCUT2D eigenvalue weighted by molar-refractivity contribution is 0.728. The zero-order valence-corrected chi connectivity index (χ0v) is 13.1. The second-order valence-electron chi connectivity index (χ2n) is 4.76. The van der Waals surface area contributed by atoms with E-state index in [0.29, 0.717) is 11.0 Å². The molecule has 2 aromatic rings. The topological polar surface area (TPSA) is 53.9 Å². The molecule has 1 N–H and O–H groups in total. The Labute approximate surface area is 130 Å². The maximum Gasteiger partial charge on any atom is 0.249 e. The fourth-order valence-electron chi connectivity index (χ4n) is 2.08. The van der Waals surface area contributed by atoms with Crippen LogP contribution in [0.1, 0.15) is 26.7 Å². The minimum atomic E-state index is 0.479. The molecule has 0 spiro atoms. The van der Waals surface area contributed by atoms with Gasteiger partial charge in [-0.3, -0.25) is 0 Å². The molecule has 0 saturated heterocycles. The highest BCUT2D eigenvalue weighted by atomic mass is 35.5. The third-order valence-electron chi connectivity index (χ3n) is 2.94. The van der Waals surface area contributed by atoms with E-state index in [9.17, 15) is 0 Å². The van der Waals surface area contributed by atoms with Gasteiger partial charge in [-0.25, -0.2) is 0 Å². The first-order valence-corrected chi connectivity index (χ1v) is 7.58. The van der Waals surface area contributed by atoms with Crippen LogP contribution in [0.5, 0.6) is 0 Å². The molecule has 0 saturated carbocycles. The monoisotopic (exact) mass is 305 g/mol. The van der Waals surface area contributed by atoms with E-state index in [0.717, 1.165) is 37.4 Å². The normalized spacial score (nSPS) is 10.4. The molecule has 0 radical (unpaired) electrons. The van der Waals surface area contributed by atoms with Crippen LogP contribution < -0.4 is 10.2 Å². The van der Waals surface area contributed by atoms with Crippen LogP contribution in [0.25, 0.3) is 0 Å². The number of hydrogen-bond donors (Lipinski definition) is 1. The minimum Gasteiger partial charge on any atom is -0.355 e. The van der Waals surface area contributed by atoms with Crippen molar-refractivity contribution < 1.29 is 0 Å². The lowest BCUT2D eigenvalue weighted by atomic mass is 10.3. The number of hydrogen-bond acceptors (Lipinski definition) is 5. The minimum absolute atomic E-state index is 0.479. The fourth-order valence-corrected chi connectivity index (χ4v) is 2.27. The largest absolute Gasteiger partial charge is 0.355 e. The maximum atomic E-state index is 5.97. The van der Waals surface area contributed by atoms with Gasteiger partial charge in [0.15, 0.2) is 5.82 Å². The predicted molar refractivity (Wildman–Crippen MR) is 87.4 cm³/mol. The lowest BCUT2D eigenvalue weighted by Gasteiger charge is -2.22. The van der Waals surface area contributed by atoms with Gasteiger partial charge in [0.1, 0.15) is 0 Å². The first-order valence-electron chi connectivity index (χ1n) is 7.20. The van der Waals surface area contributed by atoms with Crippen molar-refractivity contribution in [1.29, 1.82) is 0 Å². The third-order valence-corrected chi connectivity index (χ3v) is 3.17. The molecule has 6 heteroatoms. The van der Waals surface area contributed by atoms with Gasteiger partial charge < -0.3 is 10.2 Å². The van der Waals surface area contributed by atoms with E-state index in [1.807, 2.05) is 24.3 Å². The quantitative estimate of drug-likeness (QED) is 0.841. The molecule has 1 aromatic heterocycles. The molecular formula is C15H20ClN5. The van der Waals surface area contributed by atoms with Crippen LogP contribution in [-0.2, 0) is 0 Å². The van der Waals surface area contributed by atoms with E-state index in [-0.39, 0.29) is 0 Å². The van der Waals surface area contributed by atoms with Crippen molar-refractivity contribution in [1.82, 2.24) is 15.2 Å². The van der Waals surface area contributed by atoms with Crippen molar-refractivity contribution in [2.45, 2.75) is 26.7 Å². The van der Waals surface area contributed by atoms with Crippen LogP contribution in [0.2, 0.25) is 5.02 Å². The van der Waals surface area contributed by atoms with Crippen molar-refractivity contribution in [2.24, 2.45) is 0 Å². The Balaban J connectivity index is 2.16. The number of rotatable bonds is 7. The maximum absolute atomic E-state index is 5.97. The summed E-state index contributed by atoms with van der Waals surface area (Å²) in [7, 11) is 0. The van der Waals surface area contributed by atoms with Crippen LogP contribution in [0.3, 0.4) is 0 Å². The Hall–Kier alpha value is -1.88. The Morgan fingerprint density at radius 2 is 1.95 bits per heavy atom. The van der Waals surface area contributed by atoms with Gasteiger partial charge in [-0.05, 0) is 31.0 Å². The smallest absolute Gasteiger partial charge is 0.249 e. The van der Waals surface area contributed by atoms with Crippen molar-refractivity contribution >= 4 is 29.1 Å². The number of nitrogens with one attached hydrogen (secondary N) is 1. The van der Waals surface area contributed by atoms with Gasteiger partial charge in [0.25, 0.3) is 0 Å². The summed E-state index contributed by atoms with van der Waals surface area (Å²) in [4.78, 5) is 6.75. The van der Waals surface area contributed by atoms with Crippen molar-refractivity contribution in [3.8, 4) is 0 Å². The average Bonchev–Trinajstić information content (AvgIpc) is 2.47. The van der Waals surface area contributed by atoms with Crippen LogP contribution in [0, 0.1) is 0 Å². The number of nitrogens with zero attached hydrogens (tertiary/aromatic N) is 4. The summed E-state index contributed by atoms with van der Waals surface area (Å²) in [6.07, 6.45) is 3.84. The highest BCUT2D eigenvalue weighted by molar-refractivity contribution is 6.30. The summed E-state index contributed by atoms with van der Waals surface area (Å²) < 4.78 is 0. The van der Waals surface area contributed by atoms with E-state index in [1.165, 1.54) is 0 Å². The van der Waals surface area contributed by atoms with Crippen molar-refractivity contribution in [2.75, 3.05) is 23.3 Å². The molecule has 2 rings (SSSR count). The van der Waals surface area contributed by atoms with E-state index in [1.54, 1.807) is 6.20 Å². The molecule has 0 amide bonds. The molecule has 5 nitrogen and oxygen atoms in total. The molecule has 0 aliphatic rings. The molecule has 21 heavy (non-hydrogen) atoms. The number of halogens is 1. The Morgan fingerprint density at radius 3 is 2.62 bits per heavy atom.